The van der Waals surface area contributed by atoms with Crippen LogP contribution in [0.1, 0.15) is 11.1 Å². The maximum atomic E-state index is 8.50. The van der Waals surface area contributed by atoms with Gasteiger partial charge in [-0.25, -0.2) is 24.3 Å². The van der Waals surface area contributed by atoms with E-state index in [4.69, 9.17) is 29.8 Å². The van der Waals surface area contributed by atoms with Gasteiger partial charge in [-0.2, -0.15) is 0 Å². The highest BCUT2D eigenvalue weighted by molar-refractivity contribution is 7.79. The van der Waals surface area contributed by atoms with Crippen LogP contribution in [-0.4, -0.2) is 31.4 Å². The second-order valence-electron chi connectivity index (χ2n) is 13.1. The fraction of sp³-hybridized carbons (Fsp3) is 0. The molecule has 6 aromatic carbocycles. The molecular weight excluding hydrogens is 685 g/mol. The van der Waals surface area contributed by atoms with Gasteiger partial charge >= 0.3 is 0 Å². The Balaban J connectivity index is 1.05. The molecule has 3 aromatic heterocycles. The van der Waals surface area contributed by atoms with Gasteiger partial charge in [0.25, 0.3) is 0 Å². The van der Waals surface area contributed by atoms with Gasteiger partial charge in [0.15, 0.2) is 17.5 Å². The second-order valence-corrected chi connectivity index (χ2v) is 13.3. The van der Waals surface area contributed by atoms with Crippen molar-refractivity contribution in [3.05, 3.63) is 163 Å². The fourth-order valence-corrected chi connectivity index (χ4v) is 7.46. The molecule has 10 rings (SSSR count). The third-order valence-corrected chi connectivity index (χ3v) is 10.1. The molecule has 0 atom stereocenters. The summed E-state index contributed by atoms with van der Waals surface area (Å²) in [5.74, 6) is 1.73. The first-order valence-corrected chi connectivity index (χ1v) is 17.9. The zero-order valence-electron chi connectivity index (χ0n) is 28.6. The second kappa shape index (κ2) is 12.9. The number of para-hydroxylation sites is 3. The fourth-order valence-electron chi connectivity index (χ4n) is 7.25. The van der Waals surface area contributed by atoms with Gasteiger partial charge in [0, 0.05) is 55.1 Å². The predicted octanol–water partition coefficient (Wildman–Crippen LogP) is 11.3. The van der Waals surface area contributed by atoms with Crippen LogP contribution in [0.3, 0.4) is 0 Å². The summed E-state index contributed by atoms with van der Waals surface area (Å²) < 4.78 is 10.5. The van der Waals surface area contributed by atoms with E-state index in [1.165, 1.54) is 0 Å². The van der Waals surface area contributed by atoms with E-state index in [1.54, 1.807) is 6.08 Å². The van der Waals surface area contributed by atoms with E-state index in [9.17, 15) is 0 Å². The highest BCUT2D eigenvalue weighted by Gasteiger charge is 2.24. The molecule has 54 heavy (non-hydrogen) atoms. The standard InChI is InChI=1S/C46H28N6OS/c47-37-26-25-36-40(42(37)52-54)35-12-4-6-15-38(35)48-41(36)28-19-23-31(24-20-28)46-50-44(29-9-2-1-3-10-29)49-45(51-46)30-21-17-27(18-22-30)32-13-8-14-34-33-11-5-7-16-39(33)53-43(32)34/h1-26,47,54H/b47-37?,52-42+. The number of nitrogens with one attached hydrogen (secondary N) is 1. The quantitative estimate of drug-likeness (QED) is 0.173. The van der Waals surface area contributed by atoms with Gasteiger partial charge in [0.1, 0.15) is 16.9 Å². The Bertz CT molecular complexity index is 3000. The molecule has 0 saturated carbocycles. The first-order chi connectivity index (χ1) is 26.6. The lowest BCUT2D eigenvalue weighted by atomic mass is 9.88. The molecule has 0 radical (unpaired) electrons. The zero-order chi connectivity index (χ0) is 36.2. The van der Waals surface area contributed by atoms with Gasteiger partial charge in [-0.1, -0.05) is 133 Å². The topological polar surface area (TPSA) is 101 Å². The van der Waals surface area contributed by atoms with E-state index in [-0.39, 0.29) is 0 Å². The lowest BCUT2D eigenvalue weighted by Gasteiger charge is -2.19. The van der Waals surface area contributed by atoms with Gasteiger partial charge < -0.3 is 4.42 Å². The molecule has 0 amide bonds. The Morgan fingerprint density at radius 2 is 1.07 bits per heavy atom. The molecule has 1 aliphatic carbocycles. The lowest BCUT2D eigenvalue weighted by Crippen LogP contribution is -2.18. The molecule has 7 nitrogen and oxygen atoms in total. The maximum Gasteiger partial charge on any atom is 0.164 e. The predicted molar refractivity (Wildman–Crippen MR) is 222 cm³/mol. The molecule has 0 bridgehead atoms. The van der Waals surface area contributed by atoms with Crippen molar-refractivity contribution in [2.24, 2.45) is 4.40 Å². The van der Waals surface area contributed by atoms with Crippen LogP contribution in [0.25, 0.3) is 95.5 Å². The van der Waals surface area contributed by atoms with Crippen molar-refractivity contribution >= 4 is 63.2 Å². The van der Waals surface area contributed by atoms with Crippen LogP contribution in [0.15, 0.2) is 160 Å². The number of hydrogen-bond donors (Lipinski definition) is 2. The van der Waals surface area contributed by atoms with Crippen molar-refractivity contribution in [2.45, 2.75) is 0 Å². The van der Waals surface area contributed by atoms with Crippen molar-refractivity contribution in [2.75, 3.05) is 0 Å². The summed E-state index contributed by atoms with van der Waals surface area (Å²) in [4.78, 5) is 20.0. The monoisotopic (exact) mass is 712 g/mol. The first-order valence-electron chi connectivity index (χ1n) is 17.5. The molecule has 1 N–H and O–H groups in total. The molecule has 8 heteroatoms. The average molecular weight is 713 g/mol. The van der Waals surface area contributed by atoms with Crippen molar-refractivity contribution in [3.8, 4) is 56.5 Å². The molecule has 0 aliphatic heterocycles. The van der Waals surface area contributed by atoms with Crippen LogP contribution in [-0.2, 0) is 0 Å². The van der Waals surface area contributed by atoms with Crippen LogP contribution in [0, 0.1) is 5.41 Å². The van der Waals surface area contributed by atoms with Crippen LogP contribution >= 0.6 is 12.8 Å². The molecule has 254 valence electrons. The normalized spacial score (nSPS) is 13.3. The molecule has 0 fully saturated rings. The van der Waals surface area contributed by atoms with Gasteiger partial charge in [0.05, 0.1) is 16.9 Å². The average Bonchev–Trinajstić information content (AvgIpc) is 3.63. The van der Waals surface area contributed by atoms with E-state index in [0.29, 0.717) is 28.9 Å². The minimum atomic E-state index is 0.313. The number of allylic oxidation sites excluding steroid dienone is 1. The van der Waals surface area contributed by atoms with Crippen molar-refractivity contribution in [1.29, 1.82) is 5.41 Å². The number of furan rings is 1. The van der Waals surface area contributed by atoms with Crippen LogP contribution in [0.2, 0.25) is 0 Å². The SMILES string of the molecule is N=C1C=Cc2c(-c3ccc(-c4nc(-c5ccccc5)nc(-c5ccc(-c6cccc7c6oc6ccccc67)cc5)n4)cc3)nc3ccccc3c2/C1=N/S. The van der Waals surface area contributed by atoms with Crippen molar-refractivity contribution in [3.63, 3.8) is 0 Å². The number of aromatic nitrogens is 4. The third-order valence-electron chi connectivity index (χ3n) is 9.88. The number of hydrogen-bond acceptors (Lipinski definition) is 8. The van der Waals surface area contributed by atoms with E-state index in [1.807, 2.05) is 103 Å². The van der Waals surface area contributed by atoms with Crippen molar-refractivity contribution < 1.29 is 4.42 Å². The first kappa shape index (κ1) is 31.7. The van der Waals surface area contributed by atoms with Gasteiger partial charge in [-0.05, 0) is 42.7 Å². The Kier molecular flexibility index (Phi) is 7.56. The maximum absolute atomic E-state index is 8.50. The zero-order valence-corrected chi connectivity index (χ0v) is 29.5. The summed E-state index contributed by atoms with van der Waals surface area (Å²) >= 11 is 4.23. The van der Waals surface area contributed by atoms with Gasteiger partial charge in [-0.3, -0.25) is 5.41 Å². The Labute approximate surface area is 315 Å². The molecule has 1 aliphatic rings. The third kappa shape index (κ3) is 5.31. The largest absolute Gasteiger partial charge is 0.455 e. The molecular formula is C46H28N6OS. The summed E-state index contributed by atoms with van der Waals surface area (Å²) in [6.45, 7) is 0. The number of fused-ring (bicyclic) bond motifs is 6. The summed E-state index contributed by atoms with van der Waals surface area (Å²) in [5, 5.41) is 11.6. The molecule has 3 heterocycles. The number of benzene rings is 6. The van der Waals surface area contributed by atoms with E-state index >= 15 is 0 Å². The number of nitrogens with zero attached hydrogens (tertiary/aromatic N) is 5. The lowest BCUT2D eigenvalue weighted by molar-refractivity contribution is 0.670. The number of thiol groups is 1. The Morgan fingerprint density at radius 3 is 1.78 bits per heavy atom. The van der Waals surface area contributed by atoms with Crippen LogP contribution < -0.4 is 0 Å². The summed E-state index contributed by atoms with van der Waals surface area (Å²) in [5.41, 5.74) is 11.6. The Hall–Kier alpha value is -7.03. The van der Waals surface area contributed by atoms with Crippen LogP contribution in [0.4, 0.5) is 0 Å². The highest BCUT2D eigenvalue weighted by Crippen LogP contribution is 2.38. The van der Waals surface area contributed by atoms with Crippen molar-refractivity contribution in [1.82, 2.24) is 19.9 Å². The minimum absolute atomic E-state index is 0.313. The van der Waals surface area contributed by atoms with E-state index in [0.717, 1.165) is 83.0 Å². The summed E-state index contributed by atoms with van der Waals surface area (Å²) in [7, 11) is 0. The minimum Gasteiger partial charge on any atom is -0.455 e. The number of rotatable bonds is 5. The molecule has 0 spiro atoms. The van der Waals surface area contributed by atoms with E-state index < -0.39 is 0 Å². The highest BCUT2D eigenvalue weighted by atomic mass is 32.1. The molecule has 9 aromatic rings. The number of pyridine rings is 1. The smallest absolute Gasteiger partial charge is 0.164 e. The molecule has 0 unspecified atom stereocenters. The van der Waals surface area contributed by atoms with Gasteiger partial charge in [0.2, 0.25) is 0 Å². The van der Waals surface area contributed by atoms with E-state index in [2.05, 4.69) is 65.7 Å². The summed E-state index contributed by atoms with van der Waals surface area (Å²) in [6.07, 6.45) is 3.69. The van der Waals surface area contributed by atoms with Gasteiger partial charge in [-0.15, -0.1) is 0 Å². The Morgan fingerprint density at radius 1 is 0.500 bits per heavy atom. The summed E-state index contributed by atoms with van der Waals surface area (Å²) in [6, 6.07) is 48.7. The van der Waals surface area contributed by atoms with Crippen LogP contribution in [0.5, 0.6) is 0 Å². The molecule has 0 saturated heterocycles.